The Hall–Kier alpha value is -2.46. The van der Waals surface area contributed by atoms with E-state index in [1.807, 2.05) is 0 Å². The van der Waals surface area contributed by atoms with Gasteiger partial charge in [-0.2, -0.15) is 0 Å². The Morgan fingerprint density at radius 3 is 1.03 bits per heavy atom. The highest BCUT2D eigenvalue weighted by molar-refractivity contribution is 5.90. The van der Waals surface area contributed by atoms with Crippen LogP contribution < -0.4 is 0 Å². The van der Waals surface area contributed by atoms with E-state index in [1.165, 1.54) is 55.8 Å². The van der Waals surface area contributed by atoms with Crippen LogP contribution in [0.1, 0.15) is 67.2 Å². The number of carbonyl (C=O) groups excluding carboxylic acids is 6. The Morgan fingerprint density at radius 1 is 0.531 bits per heavy atom. The van der Waals surface area contributed by atoms with Gasteiger partial charge in [-0.15, -0.1) is 0 Å². The summed E-state index contributed by atoms with van der Waals surface area (Å²) in [5.41, 5.74) is 0. The first-order valence-corrected chi connectivity index (χ1v) is 10.3. The molecule has 0 aromatic heterocycles. The zero-order valence-corrected chi connectivity index (χ0v) is 20.2. The van der Waals surface area contributed by atoms with E-state index in [4.69, 9.17) is 18.9 Å². The largest absolute Gasteiger partial charge is 0.453 e. The molecule has 0 fully saturated rings. The predicted octanol–water partition coefficient (Wildman–Crippen LogP) is 1.78. The van der Waals surface area contributed by atoms with Crippen molar-refractivity contribution >= 4 is 35.1 Å². The highest BCUT2D eigenvalue weighted by Gasteiger charge is 2.22. The Bertz CT molecular complexity index is 599. The molecule has 0 spiro atoms. The molecular weight excluding hydrogens is 424 g/mol. The van der Waals surface area contributed by atoms with Crippen LogP contribution in [0.4, 0.5) is 0 Å². The van der Waals surface area contributed by atoms with Crippen molar-refractivity contribution in [2.75, 3.05) is 14.2 Å². The molecule has 0 aliphatic carbocycles. The van der Waals surface area contributed by atoms with Crippen molar-refractivity contribution < 1.29 is 47.7 Å². The van der Waals surface area contributed by atoms with Crippen molar-refractivity contribution in [3.8, 4) is 0 Å². The van der Waals surface area contributed by atoms with Gasteiger partial charge in [0.25, 0.3) is 0 Å². The molecule has 0 aliphatic heterocycles. The number of methoxy groups -OCH3 is 2. The normalized spacial score (nSPS) is 14.0. The molecule has 32 heavy (non-hydrogen) atoms. The summed E-state index contributed by atoms with van der Waals surface area (Å²) in [6.45, 7) is 8.88. The van der Waals surface area contributed by atoms with Crippen LogP contribution in [-0.2, 0) is 47.7 Å². The molecule has 0 aromatic carbocycles. The van der Waals surface area contributed by atoms with Crippen LogP contribution in [0.5, 0.6) is 0 Å². The highest BCUT2D eigenvalue weighted by Crippen LogP contribution is 2.05. The summed E-state index contributed by atoms with van der Waals surface area (Å²) in [5, 5.41) is 0. The Labute approximate surface area is 189 Å². The van der Waals surface area contributed by atoms with Crippen molar-refractivity contribution in [3.63, 3.8) is 0 Å². The third-order valence-electron chi connectivity index (χ3n) is 4.31. The topological polar surface area (TPSA) is 139 Å². The fraction of sp³-hybridized carbons (Fsp3) is 0.727. The fourth-order valence-electron chi connectivity index (χ4n) is 1.87. The molecule has 0 aliphatic rings. The number of ketones is 4. The lowest BCUT2D eigenvalue weighted by Crippen LogP contribution is -2.30. The Morgan fingerprint density at radius 2 is 0.812 bits per heavy atom. The maximum Gasteiger partial charge on any atom is 0.335 e. The first-order valence-electron chi connectivity index (χ1n) is 10.3. The maximum absolute atomic E-state index is 11.4. The van der Waals surface area contributed by atoms with Gasteiger partial charge in [0.2, 0.25) is 0 Å². The van der Waals surface area contributed by atoms with Gasteiger partial charge < -0.3 is 28.5 Å². The number of hydrogen-bond acceptors (Lipinski definition) is 10. The fourth-order valence-corrected chi connectivity index (χ4v) is 1.87. The lowest BCUT2D eigenvalue weighted by atomic mass is 10.1. The average Bonchev–Trinajstić information content (AvgIpc) is 2.74. The van der Waals surface area contributed by atoms with E-state index in [2.05, 4.69) is 0 Å². The lowest BCUT2D eigenvalue weighted by Gasteiger charge is -2.14. The first-order chi connectivity index (χ1) is 14.8. The molecule has 10 nitrogen and oxygen atoms in total. The van der Waals surface area contributed by atoms with E-state index in [1.54, 1.807) is 0 Å². The van der Waals surface area contributed by atoms with E-state index in [-0.39, 0.29) is 48.8 Å². The number of hydrogen-bond donors (Lipinski definition) is 0. The van der Waals surface area contributed by atoms with Gasteiger partial charge in [0.15, 0.2) is 36.0 Å². The summed E-state index contributed by atoms with van der Waals surface area (Å²) in [6, 6.07) is 0. The minimum atomic E-state index is -0.829. The molecule has 0 saturated carbocycles. The summed E-state index contributed by atoms with van der Waals surface area (Å²) < 4.78 is 19.2. The maximum atomic E-state index is 11.4. The second-order valence-electron chi connectivity index (χ2n) is 7.25. The number of esters is 2. The van der Waals surface area contributed by atoms with Crippen LogP contribution in [0.15, 0.2) is 0 Å². The molecule has 0 aromatic rings. The first kappa shape index (κ1) is 31.7. The van der Waals surface area contributed by atoms with Crippen molar-refractivity contribution in [1.82, 2.24) is 0 Å². The second kappa shape index (κ2) is 17.1. The molecule has 0 radical (unpaired) electrons. The van der Waals surface area contributed by atoms with E-state index in [0.717, 1.165) is 0 Å². The zero-order valence-electron chi connectivity index (χ0n) is 20.2. The second-order valence-corrected chi connectivity index (χ2v) is 7.25. The lowest BCUT2D eigenvalue weighted by molar-refractivity contribution is -0.163. The molecule has 10 heteroatoms. The van der Waals surface area contributed by atoms with Gasteiger partial charge in [-0.1, -0.05) is 0 Å². The van der Waals surface area contributed by atoms with Crippen molar-refractivity contribution in [3.05, 3.63) is 0 Å². The van der Waals surface area contributed by atoms with Gasteiger partial charge in [0.05, 0.1) is 0 Å². The minimum absolute atomic E-state index is 0.0582. The van der Waals surface area contributed by atoms with Crippen molar-refractivity contribution in [2.45, 2.75) is 91.6 Å². The highest BCUT2D eigenvalue weighted by atomic mass is 16.6. The van der Waals surface area contributed by atoms with E-state index in [0.29, 0.717) is 0 Å². The van der Waals surface area contributed by atoms with Crippen LogP contribution in [0, 0.1) is 0 Å². The standard InChI is InChI=1S/2C11H18O5/c2*1-7(12)5-6-10(13)8(2)16-11(14)9(3)15-4/h2*8-9H,5-6H2,1-4H3. The summed E-state index contributed by atoms with van der Waals surface area (Å²) in [7, 11) is 2.77. The van der Waals surface area contributed by atoms with Crippen LogP contribution in [-0.4, -0.2) is 73.7 Å². The van der Waals surface area contributed by atoms with E-state index in [9.17, 15) is 28.8 Å². The van der Waals surface area contributed by atoms with Crippen LogP contribution in [0.2, 0.25) is 0 Å². The van der Waals surface area contributed by atoms with Gasteiger partial charge in [0.1, 0.15) is 11.6 Å². The monoisotopic (exact) mass is 460 g/mol. The van der Waals surface area contributed by atoms with Gasteiger partial charge in [-0.3, -0.25) is 9.59 Å². The minimum Gasteiger partial charge on any atom is -0.453 e. The molecule has 184 valence electrons. The van der Waals surface area contributed by atoms with Crippen LogP contribution >= 0.6 is 0 Å². The molecule has 0 bridgehead atoms. The van der Waals surface area contributed by atoms with Crippen molar-refractivity contribution in [1.29, 1.82) is 0 Å². The number of Topliss-reactive ketones (excluding diaryl/α,β-unsaturated/α-hetero) is 4. The molecule has 0 rings (SSSR count). The van der Waals surface area contributed by atoms with Gasteiger partial charge in [-0.05, 0) is 41.5 Å². The molecule has 4 unspecified atom stereocenters. The number of rotatable bonds is 14. The molecule has 0 saturated heterocycles. The van der Waals surface area contributed by atoms with E-state index < -0.39 is 36.4 Å². The summed E-state index contributed by atoms with van der Waals surface area (Å²) in [4.78, 5) is 66.7. The van der Waals surface area contributed by atoms with Crippen LogP contribution in [0.3, 0.4) is 0 Å². The van der Waals surface area contributed by atoms with Gasteiger partial charge in [0, 0.05) is 39.9 Å². The predicted molar refractivity (Wildman–Crippen MR) is 114 cm³/mol. The number of carbonyl (C=O) groups is 6. The van der Waals surface area contributed by atoms with Gasteiger partial charge >= 0.3 is 11.9 Å². The molecule has 0 amide bonds. The third kappa shape index (κ3) is 15.4. The summed E-state index contributed by atoms with van der Waals surface area (Å²) >= 11 is 0. The van der Waals surface area contributed by atoms with E-state index >= 15 is 0 Å². The Balaban J connectivity index is 0. The third-order valence-corrected chi connectivity index (χ3v) is 4.31. The molecule has 4 atom stereocenters. The average molecular weight is 461 g/mol. The Kier molecular flexibility index (Phi) is 17.0. The molecule has 0 N–H and O–H groups in total. The summed E-state index contributed by atoms with van der Waals surface area (Å²) in [6.07, 6.45) is -2.47. The smallest absolute Gasteiger partial charge is 0.335 e. The van der Waals surface area contributed by atoms with Gasteiger partial charge in [-0.25, -0.2) is 9.59 Å². The zero-order chi connectivity index (χ0) is 25.4. The SMILES string of the molecule is COC(C)C(=O)OC(C)C(=O)CCC(C)=O.COC(C)C(=O)OC(C)C(=O)CCC(C)=O. The van der Waals surface area contributed by atoms with Crippen LogP contribution in [0.25, 0.3) is 0 Å². The van der Waals surface area contributed by atoms with Crippen molar-refractivity contribution in [2.24, 2.45) is 0 Å². The number of ether oxygens (including phenoxy) is 4. The summed E-state index contributed by atoms with van der Waals surface area (Å²) in [5.74, 6) is -1.79. The quantitative estimate of drug-likeness (QED) is 0.352. The molecule has 0 heterocycles. The molecular formula is C22H36O10.